The number of anilines is 3. The zero-order chi connectivity index (χ0) is 10.7. The first-order chi connectivity index (χ1) is 7.29. The molecule has 4 nitrogen and oxygen atoms in total. The Kier molecular flexibility index (Phi) is 2.49. The number of nitrogen functional groups attached to an aromatic ring is 1. The van der Waals surface area contributed by atoms with E-state index in [2.05, 4.69) is 9.97 Å². The average molecular weight is 200 g/mol. The van der Waals surface area contributed by atoms with Crippen LogP contribution in [0.3, 0.4) is 0 Å². The topological polar surface area (TPSA) is 55.0 Å². The lowest BCUT2D eigenvalue weighted by Crippen LogP contribution is -2.11. The van der Waals surface area contributed by atoms with Crippen molar-refractivity contribution in [2.24, 2.45) is 0 Å². The maximum absolute atomic E-state index is 5.83. The molecule has 4 heteroatoms. The first-order valence-electron chi connectivity index (χ1n) is 4.62. The molecule has 76 valence electrons. The van der Waals surface area contributed by atoms with Crippen LogP contribution in [0.4, 0.5) is 17.1 Å². The van der Waals surface area contributed by atoms with E-state index in [-0.39, 0.29) is 0 Å². The minimum Gasteiger partial charge on any atom is -0.396 e. The number of hydrogen-bond donors (Lipinski definition) is 1. The molecule has 0 radical (unpaired) electrons. The van der Waals surface area contributed by atoms with Crippen molar-refractivity contribution in [3.05, 3.63) is 43.0 Å². The molecule has 0 fully saturated rings. The van der Waals surface area contributed by atoms with Crippen LogP contribution in [0.25, 0.3) is 0 Å². The lowest BCUT2D eigenvalue weighted by molar-refractivity contribution is 1.16. The van der Waals surface area contributed by atoms with Crippen molar-refractivity contribution in [3.63, 3.8) is 0 Å². The zero-order valence-electron chi connectivity index (χ0n) is 8.46. The highest BCUT2D eigenvalue weighted by molar-refractivity contribution is 5.72. The fourth-order valence-electron chi connectivity index (χ4n) is 1.40. The summed E-state index contributed by atoms with van der Waals surface area (Å²) in [7, 11) is 1.95. The Labute approximate surface area is 88.4 Å². The molecule has 0 spiro atoms. The summed E-state index contributed by atoms with van der Waals surface area (Å²) >= 11 is 0. The van der Waals surface area contributed by atoms with Crippen LogP contribution in [0.2, 0.25) is 0 Å². The quantitative estimate of drug-likeness (QED) is 0.803. The van der Waals surface area contributed by atoms with E-state index in [1.54, 1.807) is 24.8 Å². The molecule has 0 aliphatic rings. The Hall–Kier alpha value is -2.10. The lowest BCUT2D eigenvalue weighted by atomic mass is 10.3. The van der Waals surface area contributed by atoms with Crippen LogP contribution in [0.5, 0.6) is 0 Å². The third-order valence-corrected chi connectivity index (χ3v) is 2.22. The summed E-state index contributed by atoms with van der Waals surface area (Å²) in [5.74, 6) is 0. The van der Waals surface area contributed by atoms with Gasteiger partial charge in [0.2, 0.25) is 0 Å². The standard InChI is InChI=1S/C11H12N4/c1-15(9-3-2-5-13-7-9)11-4-6-14-8-10(11)12/h2-8H,12H2,1H3. The number of rotatable bonds is 2. The van der Waals surface area contributed by atoms with Crippen LogP contribution < -0.4 is 10.6 Å². The van der Waals surface area contributed by atoms with E-state index in [1.165, 1.54) is 0 Å². The highest BCUT2D eigenvalue weighted by Gasteiger charge is 2.06. The van der Waals surface area contributed by atoms with Crippen LogP contribution in [0, 0.1) is 0 Å². The van der Waals surface area contributed by atoms with Gasteiger partial charge in [-0.2, -0.15) is 0 Å². The summed E-state index contributed by atoms with van der Waals surface area (Å²) < 4.78 is 0. The van der Waals surface area contributed by atoms with Gasteiger partial charge in [-0.15, -0.1) is 0 Å². The summed E-state index contributed by atoms with van der Waals surface area (Å²) in [6.45, 7) is 0. The first-order valence-corrected chi connectivity index (χ1v) is 4.62. The van der Waals surface area contributed by atoms with Gasteiger partial charge in [0.15, 0.2) is 0 Å². The zero-order valence-corrected chi connectivity index (χ0v) is 8.46. The van der Waals surface area contributed by atoms with Gasteiger partial charge in [0.05, 0.1) is 29.5 Å². The van der Waals surface area contributed by atoms with Gasteiger partial charge in [-0.25, -0.2) is 0 Å². The van der Waals surface area contributed by atoms with Crippen molar-refractivity contribution < 1.29 is 0 Å². The molecule has 0 amide bonds. The van der Waals surface area contributed by atoms with E-state index in [1.807, 2.05) is 30.1 Å². The van der Waals surface area contributed by atoms with Gasteiger partial charge < -0.3 is 10.6 Å². The molecule has 0 saturated carbocycles. The minimum absolute atomic E-state index is 0.656. The monoisotopic (exact) mass is 200 g/mol. The molecule has 2 rings (SSSR count). The molecule has 0 aliphatic heterocycles. The molecule has 0 aliphatic carbocycles. The second-order valence-corrected chi connectivity index (χ2v) is 3.20. The molecule has 0 saturated heterocycles. The molecule has 0 atom stereocenters. The van der Waals surface area contributed by atoms with Crippen LogP contribution in [0.15, 0.2) is 43.0 Å². The molecule has 2 N–H and O–H groups in total. The van der Waals surface area contributed by atoms with Crippen molar-refractivity contribution in [1.29, 1.82) is 0 Å². The first kappa shape index (κ1) is 9.45. The van der Waals surface area contributed by atoms with Crippen LogP contribution in [-0.4, -0.2) is 17.0 Å². The number of nitrogens with two attached hydrogens (primary N) is 1. The van der Waals surface area contributed by atoms with E-state index in [0.717, 1.165) is 11.4 Å². The Morgan fingerprint density at radius 1 is 1.13 bits per heavy atom. The summed E-state index contributed by atoms with van der Waals surface area (Å²) in [6, 6.07) is 5.75. The van der Waals surface area contributed by atoms with E-state index in [4.69, 9.17) is 5.73 Å². The Morgan fingerprint density at radius 2 is 1.93 bits per heavy atom. The Morgan fingerprint density at radius 3 is 2.60 bits per heavy atom. The lowest BCUT2D eigenvalue weighted by Gasteiger charge is -2.20. The van der Waals surface area contributed by atoms with Gasteiger partial charge in [-0.05, 0) is 18.2 Å². The fraction of sp³-hybridized carbons (Fsp3) is 0.0909. The third kappa shape index (κ3) is 1.88. The molecular formula is C11H12N4. The predicted molar refractivity (Wildman–Crippen MR) is 60.9 cm³/mol. The molecule has 2 aromatic heterocycles. The maximum Gasteiger partial charge on any atom is 0.0741 e. The smallest absolute Gasteiger partial charge is 0.0741 e. The number of nitrogens with zero attached hydrogens (tertiary/aromatic N) is 3. The normalized spacial score (nSPS) is 9.93. The van der Waals surface area contributed by atoms with Crippen molar-refractivity contribution in [2.45, 2.75) is 0 Å². The van der Waals surface area contributed by atoms with Gasteiger partial charge in [0, 0.05) is 19.4 Å². The van der Waals surface area contributed by atoms with E-state index in [0.29, 0.717) is 5.69 Å². The molecule has 0 unspecified atom stereocenters. The van der Waals surface area contributed by atoms with E-state index < -0.39 is 0 Å². The van der Waals surface area contributed by atoms with Gasteiger partial charge in [-0.1, -0.05) is 0 Å². The summed E-state index contributed by atoms with van der Waals surface area (Å²) in [6.07, 6.45) is 6.90. The molecule has 0 bridgehead atoms. The summed E-state index contributed by atoms with van der Waals surface area (Å²) in [5, 5.41) is 0. The minimum atomic E-state index is 0.656. The van der Waals surface area contributed by atoms with Crippen molar-refractivity contribution in [1.82, 2.24) is 9.97 Å². The summed E-state index contributed by atoms with van der Waals surface area (Å²) in [5.41, 5.74) is 8.42. The number of hydrogen-bond acceptors (Lipinski definition) is 4. The van der Waals surface area contributed by atoms with Crippen LogP contribution >= 0.6 is 0 Å². The van der Waals surface area contributed by atoms with Crippen LogP contribution in [0.1, 0.15) is 0 Å². The Bertz CT molecular complexity index is 441. The molecule has 15 heavy (non-hydrogen) atoms. The molecule has 2 aromatic rings. The van der Waals surface area contributed by atoms with Gasteiger partial charge in [0.1, 0.15) is 0 Å². The molecule has 2 heterocycles. The van der Waals surface area contributed by atoms with E-state index in [9.17, 15) is 0 Å². The second-order valence-electron chi connectivity index (χ2n) is 3.20. The van der Waals surface area contributed by atoms with Gasteiger partial charge >= 0.3 is 0 Å². The largest absolute Gasteiger partial charge is 0.396 e. The maximum atomic E-state index is 5.83. The highest BCUT2D eigenvalue weighted by atomic mass is 15.1. The number of aromatic nitrogens is 2. The third-order valence-electron chi connectivity index (χ3n) is 2.22. The number of pyridine rings is 2. The van der Waals surface area contributed by atoms with Gasteiger partial charge in [-0.3, -0.25) is 9.97 Å². The van der Waals surface area contributed by atoms with Crippen LogP contribution in [-0.2, 0) is 0 Å². The predicted octanol–water partition coefficient (Wildman–Crippen LogP) is 1.83. The van der Waals surface area contributed by atoms with Crippen molar-refractivity contribution in [3.8, 4) is 0 Å². The van der Waals surface area contributed by atoms with Crippen molar-refractivity contribution >= 4 is 17.1 Å². The SMILES string of the molecule is CN(c1cccnc1)c1ccncc1N. The average Bonchev–Trinajstić information content (AvgIpc) is 2.30. The van der Waals surface area contributed by atoms with Gasteiger partial charge in [0.25, 0.3) is 0 Å². The van der Waals surface area contributed by atoms with E-state index >= 15 is 0 Å². The summed E-state index contributed by atoms with van der Waals surface area (Å²) in [4.78, 5) is 9.99. The second kappa shape index (κ2) is 3.96. The molecule has 0 aromatic carbocycles. The highest BCUT2D eigenvalue weighted by Crippen LogP contribution is 2.26. The Balaban J connectivity index is 2.37. The van der Waals surface area contributed by atoms with Crippen molar-refractivity contribution in [2.75, 3.05) is 17.7 Å². The fourth-order valence-corrected chi connectivity index (χ4v) is 1.40. The molecular weight excluding hydrogens is 188 g/mol.